The zero-order valence-electron chi connectivity index (χ0n) is 7.98. The number of terminal acetylenes is 1. The van der Waals surface area contributed by atoms with E-state index in [1.165, 1.54) is 0 Å². The van der Waals surface area contributed by atoms with Crippen LogP contribution in [0.2, 0.25) is 0 Å². The summed E-state index contributed by atoms with van der Waals surface area (Å²) >= 11 is 0. The second-order valence-corrected chi connectivity index (χ2v) is 3.21. The molecule has 5 unspecified atom stereocenters. The highest BCUT2D eigenvalue weighted by Gasteiger charge is 2.44. The molecule has 0 amide bonds. The van der Waals surface area contributed by atoms with E-state index in [0.717, 1.165) is 0 Å². The molecule has 0 aliphatic carbocycles. The zero-order valence-corrected chi connectivity index (χ0v) is 7.98. The van der Waals surface area contributed by atoms with E-state index in [1.54, 1.807) is 0 Å². The van der Waals surface area contributed by atoms with Gasteiger partial charge < -0.3 is 29.9 Å². The van der Waals surface area contributed by atoms with Gasteiger partial charge in [0.05, 0.1) is 6.61 Å². The molecule has 6 heteroatoms. The average molecular weight is 218 g/mol. The van der Waals surface area contributed by atoms with Crippen molar-refractivity contribution >= 4 is 0 Å². The Labute approximate surface area is 87.1 Å². The molecule has 0 spiro atoms. The van der Waals surface area contributed by atoms with Crippen LogP contribution in [0.5, 0.6) is 0 Å². The molecule has 0 bridgehead atoms. The minimum Gasteiger partial charge on any atom is -0.394 e. The predicted molar refractivity (Wildman–Crippen MR) is 48.6 cm³/mol. The Morgan fingerprint density at radius 1 is 1.27 bits per heavy atom. The standard InChI is InChI=1S/C9H14O6/c1-2-3-14-8-6(11)5(4-10)15-9(13)7(8)12/h1,5-13H,3-4H2. The highest BCUT2D eigenvalue weighted by Crippen LogP contribution is 2.21. The molecule has 5 atom stereocenters. The van der Waals surface area contributed by atoms with Crippen LogP contribution in [0.25, 0.3) is 0 Å². The van der Waals surface area contributed by atoms with E-state index in [4.69, 9.17) is 21.0 Å². The molecule has 1 fully saturated rings. The van der Waals surface area contributed by atoms with Crippen LogP contribution in [0.15, 0.2) is 0 Å². The van der Waals surface area contributed by atoms with E-state index < -0.39 is 37.3 Å². The fraction of sp³-hybridized carbons (Fsp3) is 0.778. The molecule has 0 saturated carbocycles. The lowest BCUT2D eigenvalue weighted by Gasteiger charge is -2.39. The Bertz CT molecular complexity index is 237. The van der Waals surface area contributed by atoms with Gasteiger partial charge in [0.2, 0.25) is 0 Å². The maximum absolute atomic E-state index is 9.59. The van der Waals surface area contributed by atoms with E-state index in [-0.39, 0.29) is 6.61 Å². The average Bonchev–Trinajstić information content (AvgIpc) is 2.23. The maximum Gasteiger partial charge on any atom is 0.184 e. The van der Waals surface area contributed by atoms with Crippen molar-refractivity contribution in [2.75, 3.05) is 13.2 Å². The summed E-state index contributed by atoms with van der Waals surface area (Å²) in [6, 6.07) is 0. The monoisotopic (exact) mass is 218 g/mol. The molecule has 0 radical (unpaired) electrons. The third kappa shape index (κ3) is 2.66. The fourth-order valence-corrected chi connectivity index (χ4v) is 1.41. The van der Waals surface area contributed by atoms with E-state index in [0.29, 0.717) is 0 Å². The van der Waals surface area contributed by atoms with E-state index in [1.807, 2.05) is 0 Å². The number of hydrogen-bond acceptors (Lipinski definition) is 6. The summed E-state index contributed by atoms with van der Waals surface area (Å²) < 4.78 is 9.72. The largest absolute Gasteiger partial charge is 0.394 e. The van der Waals surface area contributed by atoms with Crippen LogP contribution in [-0.4, -0.2) is 64.3 Å². The van der Waals surface area contributed by atoms with Gasteiger partial charge in [-0.2, -0.15) is 0 Å². The van der Waals surface area contributed by atoms with Gasteiger partial charge in [0.1, 0.15) is 31.0 Å². The second kappa shape index (κ2) is 5.42. The summed E-state index contributed by atoms with van der Waals surface area (Å²) in [5, 5.41) is 37.1. The van der Waals surface area contributed by atoms with Gasteiger partial charge in [0.15, 0.2) is 6.29 Å². The summed E-state index contributed by atoms with van der Waals surface area (Å²) in [4.78, 5) is 0. The fourth-order valence-electron chi connectivity index (χ4n) is 1.41. The normalized spacial score (nSPS) is 41.1. The molecule has 1 heterocycles. The first-order valence-corrected chi connectivity index (χ1v) is 4.47. The molecular formula is C9H14O6. The van der Waals surface area contributed by atoms with Gasteiger partial charge in [0.25, 0.3) is 0 Å². The van der Waals surface area contributed by atoms with Crippen LogP contribution in [0.1, 0.15) is 0 Å². The second-order valence-electron chi connectivity index (χ2n) is 3.21. The SMILES string of the molecule is C#CCOC1C(O)C(O)OC(CO)C1O. The molecule has 1 aliphatic heterocycles. The Kier molecular flexibility index (Phi) is 4.47. The Balaban J connectivity index is 2.67. The maximum atomic E-state index is 9.59. The number of aliphatic hydroxyl groups excluding tert-OH is 4. The van der Waals surface area contributed by atoms with Crippen molar-refractivity contribution < 1.29 is 29.9 Å². The van der Waals surface area contributed by atoms with Crippen molar-refractivity contribution in [3.63, 3.8) is 0 Å². The van der Waals surface area contributed by atoms with Gasteiger partial charge in [-0.15, -0.1) is 6.42 Å². The summed E-state index contributed by atoms with van der Waals surface area (Å²) in [5.74, 6) is 2.17. The van der Waals surface area contributed by atoms with Crippen molar-refractivity contribution in [2.24, 2.45) is 0 Å². The lowest BCUT2D eigenvalue weighted by molar-refractivity contribution is -0.292. The van der Waals surface area contributed by atoms with Crippen LogP contribution < -0.4 is 0 Å². The van der Waals surface area contributed by atoms with Crippen LogP contribution in [-0.2, 0) is 9.47 Å². The summed E-state index contributed by atoms with van der Waals surface area (Å²) in [6.45, 7) is -0.593. The van der Waals surface area contributed by atoms with Crippen molar-refractivity contribution in [3.8, 4) is 12.3 Å². The van der Waals surface area contributed by atoms with E-state index in [9.17, 15) is 15.3 Å². The van der Waals surface area contributed by atoms with Gasteiger partial charge in [0, 0.05) is 0 Å². The Morgan fingerprint density at radius 2 is 1.93 bits per heavy atom. The first kappa shape index (κ1) is 12.4. The van der Waals surface area contributed by atoms with Gasteiger partial charge in [-0.1, -0.05) is 5.92 Å². The highest BCUT2D eigenvalue weighted by molar-refractivity contribution is 4.92. The Morgan fingerprint density at radius 3 is 2.47 bits per heavy atom. The molecular weight excluding hydrogens is 204 g/mol. The lowest BCUT2D eigenvalue weighted by atomic mass is 9.99. The quantitative estimate of drug-likeness (QED) is 0.389. The molecule has 0 aromatic rings. The molecule has 0 aromatic carbocycles. The molecule has 1 aliphatic rings. The van der Waals surface area contributed by atoms with Gasteiger partial charge in [-0.3, -0.25) is 0 Å². The number of hydrogen-bond donors (Lipinski definition) is 4. The van der Waals surface area contributed by atoms with Crippen LogP contribution in [0, 0.1) is 12.3 Å². The molecule has 0 aromatic heterocycles. The van der Waals surface area contributed by atoms with E-state index >= 15 is 0 Å². The molecule has 6 nitrogen and oxygen atoms in total. The molecule has 4 N–H and O–H groups in total. The number of ether oxygens (including phenoxy) is 2. The smallest absolute Gasteiger partial charge is 0.184 e. The van der Waals surface area contributed by atoms with Crippen molar-refractivity contribution in [1.82, 2.24) is 0 Å². The highest BCUT2D eigenvalue weighted by atomic mass is 16.6. The third-order valence-electron chi connectivity index (χ3n) is 2.20. The first-order valence-electron chi connectivity index (χ1n) is 4.47. The van der Waals surface area contributed by atoms with Gasteiger partial charge in [-0.25, -0.2) is 0 Å². The Hall–Kier alpha value is -0.680. The van der Waals surface area contributed by atoms with Crippen molar-refractivity contribution in [3.05, 3.63) is 0 Å². The molecule has 86 valence electrons. The first-order chi connectivity index (χ1) is 7.11. The third-order valence-corrected chi connectivity index (χ3v) is 2.20. The summed E-state index contributed by atoms with van der Waals surface area (Å²) in [7, 11) is 0. The van der Waals surface area contributed by atoms with Crippen molar-refractivity contribution in [2.45, 2.75) is 30.7 Å². The predicted octanol–water partition coefficient (Wildman–Crippen LogP) is -2.56. The van der Waals surface area contributed by atoms with Crippen LogP contribution in [0.4, 0.5) is 0 Å². The van der Waals surface area contributed by atoms with Crippen LogP contribution >= 0.6 is 0 Å². The summed E-state index contributed by atoms with van der Waals surface area (Å²) in [6.07, 6.45) is -1.24. The van der Waals surface area contributed by atoms with E-state index in [2.05, 4.69) is 5.92 Å². The molecule has 1 saturated heterocycles. The lowest BCUT2D eigenvalue weighted by Crippen LogP contribution is -2.59. The topological polar surface area (TPSA) is 99.4 Å². The van der Waals surface area contributed by atoms with Crippen LogP contribution in [0.3, 0.4) is 0 Å². The number of rotatable bonds is 3. The number of aliphatic hydroxyl groups is 4. The minimum absolute atomic E-state index is 0.107. The summed E-state index contributed by atoms with van der Waals surface area (Å²) in [5.41, 5.74) is 0. The van der Waals surface area contributed by atoms with Crippen molar-refractivity contribution in [1.29, 1.82) is 0 Å². The molecule has 15 heavy (non-hydrogen) atoms. The van der Waals surface area contributed by atoms with Gasteiger partial charge >= 0.3 is 0 Å². The minimum atomic E-state index is -1.51. The zero-order chi connectivity index (χ0) is 11.4. The van der Waals surface area contributed by atoms with Gasteiger partial charge in [-0.05, 0) is 0 Å². The molecule has 1 rings (SSSR count).